The zero-order valence-electron chi connectivity index (χ0n) is 26.1. The van der Waals surface area contributed by atoms with Gasteiger partial charge in [-0.05, 0) is 56.0 Å². The number of rotatable bonds is 9. The summed E-state index contributed by atoms with van der Waals surface area (Å²) in [6, 6.07) is 11.6. The van der Waals surface area contributed by atoms with E-state index in [-0.39, 0.29) is 5.91 Å². The number of benzene rings is 2. The summed E-state index contributed by atoms with van der Waals surface area (Å²) in [6.45, 7) is 10.6. The van der Waals surface area contributed by atoms with Crippen LogP contribution < -0.4 is 25.0 Å². The minimum absolute atomic E-state index is 0.0989. The molecular formula is C32H41N9O3S. The van der Waals surface area contributed by atoms with E-state index in [2.05, 4.69) is 47.2 Å². The van der Waals surface area contributed by atoms with Gasteiger partial charge in [0, 0.05) is 88.7 Å². The van der Waals surface area contributed by atoms with E-state index in [1.807, 2.05) is 36.4 Å². The van der Waals surface area contributed by atoms with E-state index in [9.17, 15) is 4.79 Å². The molecule has 45 heavy (non-hydrogen) atoms. The zero-order valence-corrected chi connectivity index (χ0v) is 27.0. The van der Waals surface area contributed by atoms with Gasteiger partial charge in [-0.15, -0.1) is 0 Å². The Morgan fingerprint density at radius 1 is 0.956 bits per heavy atom. The highest BCUT2D eigenvalue weighted by atomic mass is 32.1. The number of methoxy groups -OCH3 is 1. The smallest absolute Gasteiger partial charge is 0.221 e. The Bertz CT molecular complexity index is 1650. The second kappa shape index (κ2) is 13.8. The maximum Gasteiger partial charge on any atom is 0.221 e. The molecule has 2 aliphatic rings. The van der Waals surface area contributed by atoms with E-state index in [1.54, 1.807) is 13.4 Å². The molecule has 2 aromatic heterocycles. The number of nitrogens with zero attached hydrogens (tertiary/aromatic N) is 6. The van der Waals surface area contributed by atoms with Crippen molar-refractivity contribution in [1.82, 2.24) is 29.7 Å². The number of carbonyl (C=O) groups excluding carboxylic acids is 1. The van der Waals surface area contributed by atoms with Gasteiger partial charge < -0.3 is 44.7 Å². The van der Waals surface area contributed by atoms with Crippen LogP contribution in [-0.2, 0) is 4.79 Å². The number of hydrogen-bond acceptors (Lipinski definition) is 9. The first kappa shape index (κ1) is 30.8. The molecule has 0 atom stereocenters. The van der Waals surface area contributed by atoms with Gasteiger partial charge in [-0.3, -0.25) is 4.79 Å². The largest absolute Gasteiger partial charge is 0.493 e. The van der Waals surface area contributed by atoms with Gasteiger partial charge >= 0.3 is 0 Å². The first-order valence-corrected chi connectivity index (χ1v) is 15.9. The highest BCUT2D eigenvalue weighted by Crippen LogP contribution is 2.38. The maximum atomic E-state index is 11.3. The second-order valence-corrected chi connectivity index (χ2v) is 12.0. The van der Waals surface area contributed by atoms with Crippen molar-refractivity contribution in [3.05, 3.63) is 42.7 Å². The molecule has 0 spiro atoms. The van der Waals surface area contributed by atoms with Gasteiger partial charge in [0.1, 0.15) is 17.8 Å². The van der Waals surface area contributed by atoms with Crippen molar-refractivity contribution in [3.8, 4) is 11.5 Å². The van der Waals surface area contributed by atoms with Gasteiger partial charge in [0.25, 0.3) is 0 Å². The van der Waals surface area contributed by atoms with Gasteiger partial charge in [-0.25, -0.2) is 9.97 Å². The van der Waals surface area contributed by atoms with Gasteiger partial charge in [-0.1, -0.05) is 0 Å². The van der Waals surface area contributed by atoms with Crippen molar-refractivity contribution < 1.29 is 14.3 Å². The molecule has 2 fully saturated rings. The van der Waals surface area contributed by atoms with Gasteiger partial charge in [0.15, 0.2) is 16.6 Å². The predicted octanol–water partition coefficient (Wildman–Crippen LogP) is 3.61. The molecule has 6 rings (SSSR count). The number of anilines is 3. The molecule has 0 saturated carbocycles. The normalized spacial score (nSPS) is 16.2. The molecule has 4 aromatic rings. The Hall–Kier alpha value is -4.20. The quantitative estimate of drug-likeness (QED) is 0.186. The summed E-state index contributed by atoms with van der Waals surface area (Å²) in [4.78, 5) is 33.4. The lowest BCUT2D eigenvalue weighted by molar-refractivity contribution is -0.114. The molecule has 2 aliphatic heterocycles. The van der Waals surface area contributed by atoms with Crippen LogP contribution in [0.1, 0.15) is 13.3 Å². The second-order valence-electron chi connectivity index (χ2n) is 11.6. The number of likely N-dealkylation sites (N-methyl/N-ethyl adjacent to an activating group) is 1. The van der Waals surface area contributed by atoms with E-state index < -0.39 is 0 Å². The number of fused-ring (bicyclic) bond motifs is 3. The number of thiocarbonyl (C=S) groups is 1. The Morgan fingerprint density at radius 2 is 1.67 bits per heavy atom. The van der Waals surface area contributed by atoms with Crippen LogP contribution in [0, 0.1) is 0 Å². The van der Waals surface area contributed by atoms with Crippen LogP contribution in [0.15, 0.2) is 42.7 Å². The minimum Gasteiger partial charge on any atom is -0.493 e. The van der Waals surface area contributed by atoms with Crippen molar-refractivity contribution in [2.24, 2.45) is 0 Å². The minimum atomic E-state index is -0.0989. The summed E-state index contributed by atoms with van der Waals surface area (Å²) in [5.74, 6) is 2.22. The standard InChI is InChI=1S/C32H41N9O3S/c1-22(42)35-23-5-7-24(8-6-23)36-32(45)41-16-14-40(15-17-41)31-29-25-19-27(43-3)28(20-26(25)37-30(29)33-21-34-31)44-18-4-9-39-12-10-38(2)11-13-39/h5-8,19-21H,4,9-18H2,1-3H3,(H,35,42)(H,36,45)(H,33,34,37). The average Bonchev–Trinajstić information content (AvgIpc) is 3.42. The topological polar surface area (TPSA) is 114 Å². The highest BCUT2D eigenvalue weighted by molar-refractivity contribution is 7.80. The molecule has 0 unspecified atom stereocenters. The number of aromatic amines is 1. The van der Waals surface area contributed by atoms with Crippen LogP contribution in [0.25, 0.3) is 21.9 Å². The van der Waals surface area contributed by atoms with E-state index in [1.165, 1.54) is 6.92 Å². The van der Waals surface area contributed by atoms with Crippen LogP contribution in [-0.4, -0.2) is 120 Å². The molecule has 3 N–H and O–H groups in total. The number of carbonyl (C=O) groups is 1. The summed E-state index contributed by atoms with van der Waals surface area (Å²) in [7, 11) is 3.86. The van der Waals surface area contributed by atoms with Crippen LogP contribution in [0.2, 0.25) is 0 Å². The fourth-order valence-corrected chi connectivity index (χ4v) is 6.24. The molecule has 2 saturated heterocycles. The Kier molecular flexibility index (Phi) is 9.47. The van der Waals surface area contributed by atoms with Crippen LogP contribution in [0.4, 0.5) is 17.2 Å². The number of aromatic nitrogens is 3. The molecule has 2 aromatic carbocycles. The number of amides is 1. The third-order valence-corrected chi connectivity index (χ3v) is 8.81. The fraction of sp³-hybridized carbons (Fsp3) is 0.438. The van der Waals surface area contributed by atoms with Crippen molar-refractivity contribution in [2.75, 3.05) is 95.2 Å². The summed E-state index contributed by atoms with van der Waals surface area (Å²) in [5, 5.41) is 8.74. The molecule has 13 heteroatoms. The van der Waals surface area contributed by atoms with Crippen molar-refractivity contribution >= 4 is 62.4 Å². The van der Waals surface area contributed by atoms with Gasteiger partial charge in [-0.2, -0.15) is 0 Å². The van der Waals surface area contributed by atoms with Gasteiger partial charge in [0.2, 0.25) is 5.91 Å². The summed E-state index contributed by atoms with van der Waals surface area (Å²) < 4.78 is 12.0. The van der Waals surface area contributed by atoms with E-state index >= 15 is 0 Å². The van der Waals surface area contributed by atoms with E-state index in [0.29, 0.717) is 17.5 Å². The fourth-order valence-electron chi connectivity index (χ4n) is 5.93. The van der Waals surface area contributed by atoms with Crippen molar-refractivity contribution in [3.63, 3.8) is 0 Å². The first-order valence-electron chi connectivity index (χ1n) is 15.4. The molecule has 238 valence electrons. The summed E-state index contributed by atoms with van der Waals surface area (Å²) >= 11 is 5.72. The molecule has 1 amide bonds. The molecule has 0 bridgehead atoms. The lowest BCUT2D eigenvalue weighted by Crippen LogP contribution is -2.50. The predicted molar refractivity (Wildman–Crippen MR) is 183 cm³/mol. The van der Waals surface area contributed by atoms with E-state index in [0.717, 1.165) is 110 Å². The summed E-state index contributed by atoms with van der Waals surface area (Å²) in [6.07, 6.45) is 2.58. The molecule has 4 heterocycles. The monoisotopic (exact) mass is 631 g/mol. The van der Waals surface area contributed by atoms with Crippen LogP contribution >= 0.6 is 12.2 Å². The van der Waals surface area contributed by atoms with Gasteiger partial charge in [0.05, 0.1) is 24.6 Å². The third kappa shape index (κ3) is 7.21. The number of piperazine rings is 2. The molecule has 0 radical (unpaired) electrons. The number of H-pyrrole nitrogens is 1. The zero-order chi connectivity index (χ0) is 31.3. The highest BCUT2D eigenvalue weighted by Gasteiger charge is 2.24. The molecule has 0 aliphatic carbocycles. The Balaban J connectivity index is 1.10. The average molecular weight is 632 g/mol. The van der Waals surface area contributed by atoms with Crippen molar-refractivity contribution in [2.45, 2.75) is 13.3 Å². The summed E-state index contributed by atoms with van der Waals surface area (Å²) in [5.41, 5.74) is 3.35. The number of ether oxygens (including phenoxy) is 2. The van der Waals surface area contributed by atoms with Crippen LogP contribution in [0.3, 0.4) is 0 Å². The SMILES string of the molecule is COc1cc2c(cc1OCCCN1CCN(C)CC1)[nH]c1ncnc(N3CCN(C(=S)Nc4ccc(NC(C)=O)cc4)CC3)c12. The van der Waals surface area contributed by atoms with Crippen molar-refractivity contribution in [1.29, 1.82) is 0 Å². The maximum absolute atomic E-state index is 11.3. The third-order valence-electron chi connectivity index (χ3n) is 8.45. The molecule has 12 nitrogen and oxygen atoms in total. The first-order chi connectivity index (χ1) is 21.9. The number of nitrogens with one attached hydrogen (secondary N) is 3. The Morgan fingerprint density at radius 3 is 2.36 bits per heavy atom. The molecular weight excluding hydrogens is 590 g/mol. The number of hydrogen-bond donors (Lipinski definition) is 3. The Labute approximate surface area is 268 Å². The lowest BCUT2D eigenvalue weighted by Gasteiger charge is -2.37. The lowest BCUT2D eigenvalue weighted by atomic mass is 10.1. The van der Waals surface area contributed by atoms with Crippen LogP contribution in [0.5, 0.6) is 11.5 Å². The van der Waals surface area contributed by atoms with E-state index in [4.69, 9.17) is 26.7 Å².